The van der Waals surface area contributed by atoms with Gasteiger partial charge in [-0.2, -0.15) is 5.26 Å². The molecule has 1 aliphatic rings. The minimum atomic E-state index is -0.530. The van der Waals surface area contributed by atoms with Gasteiger partial charge in [-0.15, -0.1) is 0 Å². The van der Waals surface area contributed by atoms with Crippen LogP contribution >= 0.6 is 0 Å². The molecule has 0 saturated heterocycles. The number of nitro groups is 1. The number of carbonyl (C=O) groups excluding carboxylic acids is 1. The zero-order chi connectivity index (χ0) is 12.6. The lowest BCUT2D eigenvalue weighted by atomic mass is 10.1. The molecule has 0 spiro atoms. The molecule has 2 rings (SSSR count). The Bertz CT molecular complexity index is 560. The number of rotatable bonds is 1. The number of nitrogens with zero attached hydrogens (tertiary/aromatic N) is 3. The standard InChI is InChI=1S/C11H9N3O3/c1-7(15)13-3-2-8-4-10(14(16)17)5-9(6-12)11(8)13/h4-5H,2-3H2,1H3. The second-order valence-corrected chi connectivity index (χ2v) is 3.79. The molecule has 0 atom stereocenters. The summed E-state index contributed by atoms with van der Waals surface area (Å²) >= 11 is 0. The minimum Gasteiger partial charge on any atom is -0.311 e. The molecule has 0 aromatic heterocycles. The predicted molar refractivity (Wildman–Crippen MR) is 59.5 cm³/mol. The number of amides is 1. The SMILES string of the molecule is CC(=O)N1CCc2cc([N+](=O)[O-])cc(C#N)c21. The smallest absolute Gasteiger partial charge is 0.271 e. The average molecular weight is 231 g/mol. The number of nitriles is 1. The summed E-state index contributed by atoms with van der Waals surface area (Å²) in [6.45, 7) is 1.89. The summed E-state index contributed by atoms with van der Waals surface area (Å²) < 4.78 is 0. The molecule has 0 fully saturated rings. The number of non-ortho nitro benzene ring substituents is 1. The predicted octanol–water partition coefficient (Wildman–Crippen LogP) is 1.38. The Kier molecular flexibility index (Phi) is 2.52. The van der Waals surface area contributed by atoms with Gasteiger partial charge in [0.2, 0.25) is 5.91 Å². The molecule has 1 aromatic rings. The maximum absolute atomic E-state index is 11.4. The number of carbonyl (C=O) groups is 1. The number of fused-ring (bicyclic) bond motifs is 1. The molecule has 1 aliphatic heterocycles. The molecule has 86 valence electrons. The van der Waals surface area contributed by atoms with E-state index in [4.69, 9.17) is 5.26 Å². The third-order valence-electron chi connectivity index (χ3n) is 2.76. The van der Waals surface area contributed by atoms with Gasteiger partial charge in [-0.25, -0.2) is 0 Å². The van der Waals surface area contributed by atoms with Crippen LogP contribution in [0.2, 0.25) is 0 Å². The van der Waals surface area contributed by atoms with Crippen LogP contribution in [0.5, 0.6) is 0 Å². The van der Waals surface area contributed by atoms with E-state index in [2.05, 4.69) is 0 Å². The van der Waals surface area contributed by atoms with E-state index in [9.17, 15) is 14.9 Å². The molecule has 0 aliphatic carbocycles. The highest BCUT2D eigenvalue weighted by Crippen LogP contribution is 2.34. The molecule has 6 heteroatoms. The van der Waals surface area contributed by atoms with Crippen LogP contribution in [0.15, 0.2) is 12.1 Å². The Morgan fingerprint density at radius 3 is 2.82 bits per heavy atom. The molecular formula is C11H9N3O3. The maximum atomic E-state index is 11.4. The average Bonchev–Trinajstić information content (AvgIpc) is 2.71. The second-order valence-electron chi connectivity index (χ2n) is 3.79. The van der Waals surface area contributed by atoms with Crippen molar-refractivity contribution in [2.24, 2.45) is 0 Å². The molecule has 0 N–H and O–H groups in total. The fraction of sp³-hybridized carbons (Fsp3) is 0.273. The van der Waals surface area contributed by atoms with Crippen LogP contribution in [0, 0.1) is 21.4 Å². The van der Waals surface area contributed by atoms with Crippen molar-refractivity contribution in [1.29, 1.82) is 5.26 Å². The van der Waals surface area contributed by atoms with Crippen LogP contribution in [0.3, 0.4) is 0 Å². The van der Waals surface area contributed by atoms with Gasteiger partial charge in [0.1, 0.15) is 6.07 Å². The van der Waals surface area contributed by atoms with E-state index < -0.39 is 4.92 Å². The van der Waals surface area contributed by atoms with E-state index >= 15 is 0 Å². The monoisotopic (exact) mass is 231 g/mol. The third-order valence-corrected chi connectivity index (χ3v) is 2.76. The number of hydrogen-bond acceptors (Lipinski definition) is 4. The highest BCUT2D eigenvalue weighted by molar-refractivity contribution is 5.95. The van der Waals surface area contributed by atoms with Crippen LogP contribution in [0.1, 0.15) is 18.1 Å². The number of nitro benzene ring substituents is 1. The van der Waals surface area contributed by atoms with Crippen molar-refractivity contribution in [3.63, 3.8) is 0 Å². The summed E-state index contributed by atoms with van der Waals surface area (Å²) in [6, 6.07) is 4.55. The number of anilines is 1. The van der Waals surface area contributed by atoms with Gasteiger partial charge in [0.15, 0.2) is 0 Å². The first-order valence-corrected chi connectivity index (χ1v) is 5.04. The van der Waals surface area contributed by atoms with Crippen LogP contribution in [0.4, 0.5) is 11.4 Å². The lowest BCUT2D eigenvalue weighted by molar-refractivity contribution is -0.384. The summed E-state index contributed by atoms with van der Waals surface area (Å²) in [4.78, 5) is 23.0. The summed E-state index contributed by atoms with van der Waals surface area (Å²) in [5.74, 6) is -0.158. The first kappa shape index (κ1) is 11.1. The molecule has 0 radical (unpaired) electrons. The van der Waals surface area contributed by atoms with E-state index in [1.54, 1.807) is 0 Å². The van der Waals surface area contributed by atoms with Gasteiger partial charge in [0.05, 0.1) is 16.2 Å². The Morgan fingerprint density at radius 2 is 2.29 bits per heavy atom. The van der Waals surface area contributed by atoms with Gasteiger partial charge in [-0.05, 0) is 12.0 Å². The zero-order valence-corrected chi connectivity index (χ0v) is 9.14. The lowest BCUT2D eigenvalue weighted by Crippen LogP contribution is -2.26. The Hall–Kier alpha value is -2.42. The molecule has 0 bridgehead atoms. The Balaban J connectivity index is 2.62. The third kappa shape index (κ3) is 1.72. The van der Waals surface area contributed by atoms with E-state index in [0.717, 1.165) is 0 Å². The summed E-state index contributed by atoms with van der Waals surface area (Å²) in [7, 11) is 0. The molecule has 6 nitrogen and oxygen atoms in total. The minimum absolute atomic E-state index is 0.106. The van der Waals surface area contributed by atoms with Gasteiger partial charge in [0.25, 0.3) is 5.69 Å². The van der Waals surface area contributed by atoms with Crippen molar-refractivity contribution >= 4 is 17.3 Å². The fourth-order valence-corrected chi connectivity index (χ4v) is 2.04. The quantitative estimate of drug-likeness (QED) is 0.539. The van der Waals surface area contributed by atoms with Crippen LogP contribution in [-0.4, -0.2) is 17.4 Å². The molecule has 0 unspecified atom stereocenters. The van der Waals surface area contributed by atoms with Gasteiger partial charge in [-0.1, -0.05) is 0 Å². The van der Waals surface area contributed by atoms with E-state index in [1.165, 1.54) is 24.0 Å². The Labute approximate surface area is 97.2 Å². The van der Waals surface area contributed by atoms with E-state index in [-0.39, 0.29) is 17.2 Å². The van der Waals surface area contributed by atoms with Crippen molar-refractivity contribution in [3.05, 3.63) is 33.4 Å². The van der Waals surface area contributed by atoms with Crippen LogP contribution < -0.4 is 4.90 Å². The molecular weight excluding hydrogens is 222 g/mol. The van der Waals surface area contributed by atoms with Crippen molar-refractivity contribution < 1.29 is 9.72 Å². The topological polar surface area (TPSA) is 87.2 Å². The first-order chi connectivity index (χ1) is 8.04. The lowest BCUT2D eigenvalue weighted by Gasteiger charge is -2.15. The normalized spacial score (nSPS) is 13.1. The van der Waals surface area contributed by atoms with Gasteiger partial charge >= 0.3 is 0 Å². The largest absolute Gasteiger partial charge is 0.311 e. The van der Waals surface area contributed by atoms with E-state index in [0.29, 0.717) is 24.2 Å². The summed E-state index contributed by atoms with van der Waals surface area (Å²) in [6.07, 6.45) is 0.547. The van der Waals surface area contributed by atoms with Crippen molar-refractivity contribution in [3.8, 4) is 6.07 Å². The van der Waals surface area contributed by atoms with Crippen molar-refractivity contribution in [1.82, 2.24) is 0 Å². The molecule has 17 heavy (non-hydrogen) atoms. The highest BCUT2D eigenvalue weighted by atomic mass is 16.6. The molecule has 1 aromatic carbocycles. The molecule has 1 amide bonds. The molecule has 1 heterocycles. The van der Waals surface area contributed by atoms with Gasteiger partial charge < -0.3 is 4.90 Å². The summed E-state index contributed by atoms with van der Waals surface area (Å²) in [5.41, 5.74) is 1.28. The first-order valence-electron chi connectivity index (χ1n) is 5.04. The van der Waals surface area contributed by atoms with Crippen LogP contribution in [-0.2, 0) is 11.2 Å². The van der Waals surface area contributed by atoms with Gasteiger partial charge in [-0.3, -0.25) is 14.9 Å². The van der Waals surface area contributed by atoms with Crippen molar-refractivity contribution in [2.75, 3.05) is 11.4 Å². The van der Waals surface area contributed by atoms with E-state index in [1.807, 2.05) is 6.07 Å². The van der Waals surface area contributed by atoms with Crippen molar-refractivity contribution in [2.45, 2.75) is 13.3 Å². The number of hydrogen-bond donors (Lipinski definition) is 0. The second kappa shape index (κ2) is 3.87. The van der Waals surface area contributed by atoms with Gasteiger partial charge in [0, 0.05) is 25.6 Å². The number of benzene rings is 1. The van der Waals surface area contributed by atoms with Crippen LogP contribution in [0.25, 0.3) is 0 Å². The summed E-state index contributed by atoms with van der Waals surface area (Å²) in [5, 5.41) is 19.7. The fourth-order valence-electron chi connectivity index (χ4n) is 2.04. The molecule has 0 saturated carbocycles. The Morgan fingerprint density at radius 1 is 1.59 bits per heavy atom. The zero-order valence-electron chi connectivity index (χ0n) is 9.14. The maximum Gasteiger partial charge on any atom is 0.271 e. The highest BCUT2D eigenvalue weighted by Gasteiger charge is 2.28.